The molecule has 0 aromatic rings. The van der Waals surface area contributed by atoms with E-state index in [0.717, 1.165) is 26.1 Å². The Labute approximate surface area is 50.1 Å². The van der Waals surface area contributed by atoms with Gasteiger partial charge in [-0.2, -0.15) is 0 Å². The molecule has 1 fully saturated rings. The van der Waals surface area contributed by atoms with Crippen LogP contribution in [-0.4, -0.2) is 30.8 Å². The van der Waals surface area contributed by atoms with Gasteiger partial charge in [-0.25, -0.2) is 0 Å². The summed E-state index contributed by atoms with van der Waals surface area (Å²) in [5, 5.41) is 9.01. The number of rotatable bonds is 1. The van der Waals surface area contributed by atoms with Gasteiger partial charge in [0.05, 0.1) is 13.1 Å². The van der Waals surface area contributed by atoms with Crippen LogP contribution in [0.3, 0.4) is 0 Å². The van der Waals surface area contributed by atoms with Gasteiger partial charge in [0, 0.05) is 6.42 Å². The molecule has 2 heteroatoms. The summed E-state index contributed by atoms with van der Waals surface area (Å²) in [6, 6.07) is 0. The predicted molar refractivity (Wildman–Crippen MR) is 31.9 cm³/mol. The van der Waals surface area contributed by atoms with Crippen LogP contribution in [0, 0.1) is 0 Å². The lowest BCUT2D eigenvalue weighted by Crippen LogP contribution is -3.10. The first kappa shape index (κ1) is 6.05. The highest BCUT2D eigenvalue weighted by molar-refractivity contribution is 4.56. The smallest absolute Gasteiger partial charge is 0.108 e. The largest absolute Gasteiger partial charge is 0.387 e. The highest BCUT2D eigenvalue weighted by Crippen LogP contribution is 1.89. The van der Waals surface area contributed by atoms with Crippen LogP contribution >= 0.6 is 0 Å². The normalized spacial score (nSPS) is 38.2. The van der Waals surface area contributed by atoms with Crippen LogP contribution in [0.15, 0.2) is 0 Å². The Balaban J connectivity index is 2.22. The first-order valence-corrected chi connectivity index (χ1v) is 3.34. The third-order valence-electron chi connectivity index (χ3n) is 1.86. The molecular weight excluding hydrogens is 102 g/mol. The van der Waals surface area contributed by atoms with E-state index in [2.05, 4.69) is 6.92 Å². The van der Waals surface area contributed by atoms with Gasteiger partial charge in [0.1, 0.15) is 12.6 Å². The van der Waals surface area contributed by atoms with Crippen LogP contribution < -0.4 is 4.90 Å². The van der Waals surface area contributed by atoms with Gasteiger partial charge >= 0.3 is 0 Å². The minimum Gasteiger partial charge on any atom is -0.387 e. The van der Waals surface area contributed by atoms with Crippen molar-refractivity contribution < 1.29 is 10.0 Å². The van der Waals surface area contributed by atoms with Gasteiger partial charge in [0.2, 0.25) is 0 Å². The number of likely N-dealkylation sites (N-methyl/N-ethyl adjacent to an activating group) is 1. The van der Waals surface area contributed by atoms with Crippen LogP contribution in [0.2, 0.25) is 0 Å². The van der Waals surface area contributed by atoms with E-state index in [1.165, 1.54) is 4.90 Å². The van der Waals surface area contributed by atoms with Gasteiger partial charge in [-0.15, -0.1) is 0 Å². The summed E-state index contributed by atoms with van der Waals surface area (Å²) in [4.78, 5) is 1.54. The summed E-state index contributed by atoms with van der Waals surface area (Å²) in [6.45, 7) is 5.46. The van der Waals surface area contributed by atoms with E-state index in [-0.39, 0.29) is 6.10 Å². The third-order valence-corrected chi connectivity index (χ3v) is 1.86. The lowest BCUT2D eigenvalue weighted by molar-refractivity contribution is -0.886. The van der Waals surface area contributed by atoms with Gasteiger partial charge in [0.15, 0.2) is 0 Å². The van der Waals surface area contributed by atoms with Crippen molar-refractivity contribution in [3.63, 3.8) is 0 Å². The molecule has 1 rings (SSSR count). The van der Waals surface area contributed by atoms with Gasteiger partial charge in [0.25, 0.3) is 0 Å². The maximum Gasteiger partial charge on any atom is 0.108 e. The molecule has 8 heavy (non-hydrogen) atoms. The average molecular weight is 116 g/mol. The van der Waals surface area contributed by atoms with Gasteiger partial charge in [-0.3, -0.25) is 0 Å². The minimum absolute atomic E-state index is 0.00931. The Morgan fingerprint density at radius 1 is 1.75 bits per heavy atom. The van der Waals surface area contributed by atoms with E-state index in [1.807, 2.05) is 0 Å². The Morgan fingerprint density at radius 3 is 2.75 bits per heavy atom. The molecule has 2 N–H and O–H groups in total. The monoisotopic (exact) mass is 116 g/mol. The lowest BCUT2D eigenvalue weighted by atomic mass is 10.3. The van der Waals surface area contributed by atoms with Crippen molar-refractivity contribution in [2.45, 2.75) is 19.4 Å². The second-order valence-electron chi connectivity index (χ2n) is 2.50. The van der Waals surface area contributed by atoms with E-state index < -0.39 is 0 Å². The van der Waals surface area contributed by atoms with E-state index >= 15 is 0 Å². The Morgan fingerprint density at radius 2 is 2.50 bits per heavy atom. The molecule has 1 heterocycles. The van der Waals surface area contributed by atoms with Crippen molar-refractivity contribution >= 4 is 0 Å². The molecule has 48 valence electrons. The number of quaternary nitrogens is 1. The molecule has 0 aliphatic carbocycles. The molecule has 1 aliphatic heterocycles. The molecule has 0 spiro atoms. The zero-order valence-corrected chi connectivity index (χ0v) is 5.35. The van der Waals surface area contributed by atoms with Crippen molar-refractivity contribution in [2.75, 3.05) is 19.6 Å². The fourth-order valence-electron chi connectivity index (χ4n) is 1.23. The zero-order chi connectivity index (χ0) is 5.98. The molecule has 1 saturated heterocycles. The standard InChI is InChI=1S/C6H13NO/c1-2-7-4-3-6(8)5-7/h6,8H,2-5H2,1H3/p+1. The molecule has 0 amide bonds. The van der Waals surface area contributed by atoms with Crippen molar-refractivity contribution in [3.05, 3.63) is 0 Å². The summed E-state index contributed by atoms with van der Waals surface area (Å²) in [6.07, 6.45) is 0.994. The first-order valence-electron chi connectivity index (χ1n) is 3.34. The van der Waals surface area contributed by atoms with Crippen molar-refractivity contribution in [3.8, 4) is 0 Å². The number of nitrogens with one attached hydrogen (secondary N) is 1. The van der Waals surface area contributed by atoms with Gasteiger partial charge < -0.3 is 10.0 Å². The Bertz CT molecular complexity index is 74.9. The molecule has 2 atom stereocenters. The molecule has 0 bridgehead atoms. The molecule has 0 saturated carbocycles. The fourth-order valence-corrected chi connectivity index (χ4v) is 1.23. The number of hydrogen-bond acceptors (Lipinski definition) is 1. The number of aliphatic hydroxyl groups is 1. The molecule has 1 aliphatic rings. The molecule has 2 nitrogen and oxygen atoms in total. The summed E-state index contributed by atoms with van der Waals surface area (Å²) in [7, 11) is 0. The first-order chi connectivity index (χ1) is 3.83. The third kappa shape index (κ3) is 1.20. The second-order valence-corrected chi connectivity index (χ2v) is 2.50. The van der Waals surface area contributed by atoms with Gasteiger partial charge in [-0.05, 0) is 6.92 Å². The topological polar surface area (TPSA) is 24.7 Å². The summed E-state index contributed by atoms with van der Waals surface area (Å²) >= 11 is 0. The van der Waals surface area contributed by atoms with Crippen LogP contribution in [0.25, 0.3) is 0 Å². The molecule has 0 aromatic carbocycles. The average Bonchev–Trinajstić information content (AvgIpc) is 2.14. The zero-order valence-electron chi connectivity index (χ0n) is 5.35. The summed E-state index contributed by atoms with van der Waals surface area (Å²) in [5.41, 5.74) is 0. The summed E-state index contributed by atoms with van der Waals surface area (Å²) < 4.78 is 0. The molecule has 2 unspecified atom stereocenters. The van der Waals surface area contributed by atoms with Crippen LogP contribution in [0.5, 0.6) is 0 Å². The Kier molecular flexibility index (Phi) is 1.86. The number of aliphatic hydroxyl groups excluding tert-OH is 1. The SMILES string of the molecule is CC[NH+]1CCC(O)C1. The van der Waals surface area contributed by atoms with E-state index in [4.69, 9.17) is 5.11 Å². The van der Waals surface area contributed by atoms with Crippen molar-refractivity contribution in [1.82, 2.24) is 0 Å². The number of hydrogen-bond donors (Lipinski definition) is 2. The highest BCUT2D eigenvalue weighted by Gasteiger charge is 2.21. The highest BCUT2D eigenvalue weighted by atomic mass is 16.3. The molecule has 0 aromatic heterocycles. The summed E-state index contributed by atoms with van der Waals surface area (Å²) in [5.74, 6) is 0. The van der Waals surface area contributed by atoms with E-state index in [1.54, 1.807) is 0 Å². The maximum atomic E-state index is 9.01. The predicted octanol–water partition coefficient (Wildman–Crippen LogP) is -1.34. The number of likely N-dealkylation sites (tertiary alicyclic amines) is 1. The second kappa shape index (κ2) is 2.46. The van der Waals surface area contributed by atoms with Crippen molar-refractivity contribution in [1.29, 1.82) is 0 Å². The van der Waals surface area contributed by atoms with E-state index in [9.17, 15) is 0 Å². The fraction of sp³-hybridized carbons (Fsp3) is 1.00. The van der Waals surface area contributed by atoms with Crippen LogP contribution in [0.1, 0.15) is 13.3 Å². The van der Waals surface area contributed by atoms with Crippen LogP contribution in [0.4, 0.5) is 0 Å². The van der Waals surface area contributed by atoms with Crippen LogP contribution in [-0.2, 0) is 0 Å². The Hall–Kier alpha value is -0.0800. The van der Waals surface area contributed by atoms with Gasteiger partial charge in [-0.1, -0.05) is 0 Å². The minimum atomic E-state index is -0.00931. The maximum absolute atomic E-state index is 9.01. The quantitative estimate of drug-likeness (QED) is 0.435. The van der Waals surface area contributed by atoms with E-state index in [0.29, 0.717) is 0 Å². The van der Waals surface area contributed by atoms with Crippen molar-refractivity contribution in [2.24, 2.45) is 0 Å². The molecular formula is C6H14NO+. The molecule has 0 radical (unpaired) electrons. The lowest BCUT2D eigenvalue weighted by Gasteiger charge is -2.06.